The quantitative estimate of drug-likeness (QED) is 0.659. The number of aryl methyl sites for hydroxylation is 2. The molecule has 32 heavy (non-hydrogen) atoms. The van der Waals surface area contributed by atoms with Crippen LogP contribution in [0.15, 0.2) is 33.9 Å². The van der Waals surface area contributed by atoms with Crippen LogP contribution in [0.4, 0.5) is 0 Å². The maximum Gasteiger partial charge on any atom is 0.289 e. The molecule has 10 nitrogen and oxygen atoms in total. The van der Waals surface area contributed by atoms with E-state index < -0.39 is 10.0 Å². The van der Waals surface area contributed by atoms with E-state index >= 15 is 0 Å². The van der Waals surface area contributed by atoms with Gasteiger partial charge in [0.1, 0.15) is 4.90 Å². The zero-order chi connectivity index (χ0) is 22.9. The third-order valence-corrected chi connectivity index (χ3v) is 8.16. The van der Waals surface area contributed by atoms with Gasteiger partial charge in [-0.25, -0.2) is 8.42 Å². The van der Waals surface area contributed by atoms with Crippen molar-refractivity contribution in [2.45, 2.75) is 38.1 Å². The van der Waals surface area contributed by atoms with Gasteiger partial charge < -0.3 is 14.2 Å². The number of piperazine rings is 1. The van der Waals surface area contributed by atoms with Crippen LogP contribution in [0.25, 0.3) is 0 Å². The summed E-state index contributed by atoms with van der Waals surface area (Å²) in [5.74, 6) is -0.317. The van der Waals surface area contributed by atoms with Crippen molar-refractivity contribution >= 4 is 21.8 Å². The number of hydrogen-bond acceptors (Lipinski definition) is 6. The van der Waals surface area contributed by atoms with E-state index in [2.05, 4.69) is 5.10 Å². The molecular formula is C21H29N5O5S. The summed E-state index contributed by atoms with van der Waals surface area (Å²) in [5, 5.41) is 4.25. The summed E-state index contributed by atoms with van der Waals surface area (Å²) in [6.07, 6.45) is 4.31. The first kappa shape index (κ1) is 22.5. The lowest BCUT2D eigenvalue weighted by Gasteiger charge is -2.38. The Morgan fingerprint density at radius 3 is 2.50 bits per heavy atom. The van der Waals surface area contributed by atoms with Gasteiger partial charge in [-0.2, -0.15) is 9.40 Å². The first-order chi connectivity index (χ1) is 15.3. The van der Waals surface area contributed by atoms with E-state index in [1.165, 1.54) is 10.6 Å². The molecule has 2 aromatic rings. The average molecular weight is 464 g/mol. The summed E-state index contributed by atoms with van der Waals surface area (Å²) in [4.78, 5) is 29.2. The fraction of sp³-hybridized carbons (Fsp3) is 0.571. The molecule has 0 radical (unpaired) electrons. The Kier molecular flexibility index (Phi) is 6.38. The molecule has 2 saturated heterocycles. The first-order valence-electron chi connectivity index (χ1n) is 11.0. The third-order valence-electron chi connectivity index (χ3n) is 6.19. The second kappa shape index (κ2) is 9.07. The van der Waals surface area contributed by atoms with E-state index in [9.17, 15) is 18.0 Å². The minimum absolute atomic E-state index is 0.0454. The van der Waals surface area contributed by atoms with Crippen molar-refractivity contribution < 1.29 is 22.4 Å². The Labute approximate surface area is 187 Å². The lowest BCUT2D eigenvalue weighted by atomic mass is 9.97. The molecule has 0 N–H and O–H groups in total. The van der Waals surface area contributed by atoms with Crippen LogP contribution in [0.1, 0.15) is 36.0 Å². The summed E-state index contributed by atoms with van der Waals surface area (Å²) >= 11 is 0. The van der Waals surface area contributed by atoms with E-state index in [0.29, 0.717) is 63.6 Å². The summed E-state index contributed by atoms with van der Waals surface area (Å²) in [5.41, 5.74) is 0.470. The molecule has 0 bridgehead atoms. The van der Waals surface area contributed by atoms with Crippen LogP contribution < -0.4 is 0 Å². The Morgan fingerprint density at radius 2 is 1.88 bits per heavy atom. The van der Waals surface area contributed by atoms with Crippen molar-refractivity contribution in [1.82, 2.24) is 23.9 Å². The summed E-state index contributed by atoms with van der Waals surface area (Å²) in [6.45, 7) is 6.46. The van der Waals surface area contributed by atoms with Crippen molar-refractivity contribution in [3.05, 3.63) is 36.0 Å². The van der Waals surface area contributed by atoms with Gasteiger partial charge in [0.25, 0.3) is 5.91 Å². The van der Waals surface area contributed by atoms with Crippen LogP contribution in [0.5, 0.6) is 0 Å². The Bertz CT molecular complexity index is 1070. The van der Waals surface area contributed by atoms with Crippen molar-refractivity contribution in [2.75, 3.05) is 39.3 Å². The maximum absolute atomic E-state index is 13.2. The van der Waals surface area contributed by atoms with Crippen molar-refractivity contribution in [1.29, 1.82) is 0 Å². The van der Waals surface area contributed by atoms with E-state index in [1.807, 2.05) is 6.92 Å². The molecule has 0 saturated carbocycles. The standard InChI is InChI=1S/C21H29N5O5S/c1-3-25-15-19(16(2)22-25)32(29,30)26-8-4-6-17(14-26)20(27)23-9-11-24(12-10-23)21(28)18-7-5-13-31-18/h5,7,13,15,17H,3-4,6,8-12,14H2,1-2H3/t17-/m1/s1. The second-order valence-corrected chi connectivity index (χ2v) is 10.1. The molecule has 0 aromatic carbocycles. The number of rotatable bonds is 5. The number of piperidine rings is 1. The monoisotopic (exact) mass is 463 g/mol. The number of carbonyl (C=O) groups excluding carboxylic acids is 2. The molecule has 2 amide bonds. The molecule has 2 aliphatic rings. The van der Waals surface area contributed by atoms with Crippen molar-refractivity contribution in [3.8, 4) is 0 Å². The zero-order valence-electron chi connectivity index (χ0n) is 18.4. The first-order valence-corrected chi connectivity index (χ1v) is 12.4. The fourth-order valence-corrected chi connectivity index (χ4v) is 6.05. The molecule has 0 aliphatic carbocycles. The number of sulfonamides is 1. The van der Waals surface area contributed by atoms with Gasteiger partial charge in [0.2, 0.25) is 15.9 Å². The number of carbonyl (C=O) groups is 2. The third kappa shape index (κ3) is 4.31. The predicted molar refractivity (Wildman–Crippen MR) is 115 cm³/mol. The second-order valence-electron chi connectivity index (χ2n) is 8.23. The predicted octanol–water partition coefficient (Wildman–Crippen LogP) is 1.19. The van der Waals surface area contributed by atoms with Gasteiger partial charge in [-0.1, -0.05) is 0 Å². The van der Waals surface area contributed by atoms with Gasteiger partial charge in [-0.15, -0.1) is 0 Å². The minimum atomic E-state index is -3.71. The van der Waals surface area contributed by atoms with Gasteiger partial charge in [-0.3, -0.25) is 14.3 Å². The average Bonchev–Trinajstić information content (AvgIpc) is 3.48. The minimum Gasteiger partial charge on any atom is -0.459 e. The molecule has 0 unspecified atom stereocenters. The lowest BCUT2D eigenvalue weighted by molar-refractivity contribution is -0.138. The zero-order valence-corrected chi connectivity index (χ0v) is 19.3. The fourth-order valence-electron chi connectivity index (χ4n) is 4.36. The van der Waals surface area contributed by atoms with E-state index in [0.717, 1.165) is 0 Å². The number of amides is 2. The van der Waals surface area contributed by atoms with Gasteiger partial charge >= 0.3 is 0 Å². The molecule has 2 fully saturated rings. The normalized spacial score (nSPS) is 20.5. The number of aromatic nitrogens is 2. The molecule has 4 rings (SSSR count). The van der Waals surface area contributed by atoms with Crippen LogP contribution in [-0.2, 0) is 21.4 Å². The van der Waals surface area contributed by atoms with Crippen LogP contribution in [0.3, 0.4) is 0 Å². The topological polar surface area (TPSA) is 109 Å². The van der Waals surface area contributed by atoms with Crippen LogP contribution in [0.2, 0.25) is 0 Å². The van der Waals surface area contributed by atoms with E-state index in [-0.39, 0.29) is 29.2 Å². The highest BCUT2D eigenvalue weighted by Crippen LogP contribution is 2.27. The van der Waals surface area contributed by atoms with Gasteiger partial charge in [0.05, 0.1) is 17.9 Å². The van der Waals surface area contributed by atoms with Crippen LogP contribution >= 0.6 is 0 Å². The van der Waals surface area contributed by atoms with Crippen molar-refractivity contribution in [3.63, 3.8) is 0 Å². The highest BCUT2D eigenvalue weighted by Gasteiger charge is 2.37. The van der Waals surface area contributed by atoms with E-state index in [4.69, 9.17) is 4.42 Å². The summed E-state index contributed by atoms with van der Waals surface area (Å²) in [6, 6.07) is 3.30. The molecule has 2 aromatic heterocycles. The number of nitrogens with zero attached hydrogens (tertiary/aromatic N) is 5. The SMILES string of the molecule is CCn1cc(S(=O)(=O)N2CCC[C@@H](C(=O)N3CCN(C(=O)c4ccco4)CC3)C2)c(C)n1. The molecule has 11 heteroatoms. The number of furan rings is 1. The highest BCUT2D eigenvalue weighted by atomic mass is 32.2. The van der Waals surface area contributed by atoms with Gasteiger partial charge in [0.15, 0.2) is 5.76 Å². The Morgan fingerprint density at radius 1 is 1.16 bits per heavy atom. The Hall–Kier alpha value is -2.66. The van der Waals surface area contributed by atoms with E-state index in [1.54, 1.807) is 39.7 Å². The molecular weight excluding hydrogens is 434 g/mol. The highest BCUT2D eigenvalue weighted by molar-refractivity contribution is 7.89. The Balaban J connectivity index is 1.38. The summed E-state index contributed by atoms with van der Waals surface area (Å²) < 4.78 is 34.6. The number of hydrogen-bond donors (Lipinski definition) is 0. The largest absolute Gasteiger partial charge is 0.459 e. The van der Waals surface area contributed by atoms with Gasteiger partial charge in [-0.05, 0) is 38.8 Å². The maximum atomic E-state index is 13.2. The molecule has 0 spiro atoms. The van der Waals surface area contributed by atoms with Crippen molar-refractivity contribution in [2.24, 2.45) is 5.92 Å². The summed E-state index contributed by atoms with van der Waals surface area (Å²) in [7, 11) is -3.71. The molecule has 1 atom stereocenters. The lowest BCUT2D eigenvalue weighted by Crippen LogP contribution is -2.54. The molecule has 4 heterocycles. The molecule has 174 valence electrons. The van der Waals surface area contributed by atoms with Gasteiger partial charge in [0, 0.05) is 52.0 Å². The smallest absolute Gasteiger partial charge is 0.289 e. The van der Waals surface area contributed by atoms with Crippen LogP contribution in [0, 0.1) is 12.8 Å². The van der Waals surface area contributed by atoms with Crippen LogP contribution in [-0.4, -0.2) is 83.4 Å². The molecule has 2 aliphatic heterocycles.